The molecule has 4 fully saturated rings. The summed E-state index contributed by atoms with van der Waals surface area (Å²) in [6, 6.07) is 17.9. The fourth-order valence-electron chi connectivity index (χ4n) is 10.8. The average Bonchev–Trinajstić information content (AvgIpc) is 4.31. The van der Waals surface area contributed by atoms with E-state index in [2.05, 4.69) is 25.3 Å². The summed E-state index contributed by atoms with van der Waals surface area (Å²) in [6.07, 6.45) is 7.20. The number of amides is 5. The van der Waals surface area contributed by atoms with Crippen molar-refractivity contribution < 1.29 is 47.4 Å². The van der Waals surface area contributed by atoms with E-state index >= 15 is 0 Å². The molecule has 3 N–H and O–H groups in total. The van der Waals surface area contributed by atoms with Crippen molar-refractivity contribution >= 4 is 70.4 Å². The van der Waals surface area contributed by atoms with E-state index in [0.717, 1.165) is 66.9 Å². The van der Waals surface area contributed by atoms with Gasteiger partial charge in [-0.1, -0.05) is 48.0 Å². The predicted molar refractivity (Wildman–Crippen MR) is 289 cm³/mol. The number of imidazole rings is 1. The molecule has 0 bridgehead atoms. The Bertz CT molecular complexity index is 3160. The van der Waals surface area contributed by atoms with Crippen LogP contribution in [0.1, 0.15) is 48.8 Å². The molecule has 5 amide bonds. The van der Waals surface area contributed by atoms with E-state index in [1.165, 1.54) is 22.9 Å². The van der Waals surface area contributed by atoms with Gasteiger partial charge in [0.2, 0.25) is 23.7 Å². The molecule has 19 nitrogen and oxygen atoms in total. The van der Waals surface area contributed by atoms with Gasteiger partial charge >= 0.3 is 0 Å². The molecule has 0 spiro atoms. The number of nitrogens with zero attached hydrogens (tertiary/aromatic N) is 6. The lowest BCUT2D eigenvalue weighted by molar-refractivity contribution is -0.149. The SMILES string of the molecule is Cl.O=C1CCC(N2C(=O)C3=CC(=O)C(N4CCN(CC5CCN(C(=O)COCCOCCOCCCc6ccc(-c7[nH]n(-c8nc9ccc(Cl)cc9[nH]8)c(=O)c7CCc7ccc(F)cc7)cc6)CC5)CC4)C=C3C2=O)C(=O)N1. The number of benzene rings is 3. The van der Waals surface area contributed by atoms with Gasteiger partial charge in [0.05, 0.1) is 60.3 Å². The highest BCUT2D eigenvalue weighted by Crippen LogP contribution is 2.34. The van der Waals surface area contributed by atoms with E-state index in [1.807, 2.05) is 34.1 Å². The number of fused-ring (bicyclic) bond motifs is 2. The van der Waals surface area contributed by atoms with Crippen molar-refractivity contribution in [1.82, 2.24) is 44.7 Å². The van der Waals surface area contributed by atoms with E-state index in [9.17, 15) is 38.0 Å². The molecule has 5 aliphatic rings. The number of aryl methyl sites for hydroxylation is 2. The Balaban J connectivity index is 0.00000740. The maximum atomic E-state index is 13.9. The number of halogens is 3. The number of carbonyl (C=O) groups is 6. The van der Waals surface area contributed by atoms with Gasteiger partial charge < -0.3 is 29.0 Å². The van der Waals surface area contributed by atoms with E-state index in [1.54, 1.807) is 36.4 Å². The predicted octanol–water partition coefficient (Wildman–Crippen LogP) is 4.53. The quantitative estimate of drug-likeness (QED) is 0.0681. The number of carbonyl (C=O) groups excluding carboxylic acids is 6. The summed E-state index contributed by atoms with van der Waals surface area (Å²) >= 11 is 6.20. The first-order valence-electron chi connectivity index (χ1n) is 26.4. The Hall–Kier alpha value is -6.65. The third-order valence-electron chi connectivity index (χ3n) is 15.1. The number of ether oxygens (including phenoxy) is 3. The first-order valence-corrected chi connectivity index (χ1v) is 26.7. The molecule has 10 rings (SSSR count). The summed E-state index contributed by atoms with van der Waals surface area (Å²) in [5, 5.41) is 6.04. The molecule has 3 aromatic carbocycles. The van der Waals surface area contributed by atoms with Crippen molar-refractivity contribution in [2.45, 2.75) is 63.5 Å². The Morgan fingerprint density at radius 2 is 1.44 bits per heavy atom. The van der Waals surface area contributed by atoms with Gasteiger partial charge in [0.15, 0.2) is 5.78 Å². The van der Waals surface area contributed by atoms with Crippen molar-refractivity contribution in [1.29, 1.82) is 0 Å². The van der Waals surface area contributed by atoms with Gasteiger partial charge in [0.1, 0.15) is 18.5 Å². The zero-order valence-electron chi connectivity index (χ0n) is 43.0. The van der Waals surface area contributed by atoms with Crippen LogP contribution in [0.15, 0.2) is 94.8 Å². The van der Waals surface area contributed by atoms with Gasteiger partial charge in [-0.2, -0.15) is 4.68 Å². The second-order valence-electron chi connectivity index (χ2n) is 20.1. The van der Waals surface area contributed by atoms with Crippen molar-refractivity contribution in [3.05, 3.63) is 128 Å². The Labute approximate surface area is 460 Å². The van der Waals surface area contributed by atoms with E-state index < -0.39 is 35.7 Å². The first kappa shape index (κ1) is 56.1. The van der Waals surface area contributed by atoms with Crippen molar-refractivity contribution in [2.24, 2.45) is 5.92 Å². The van der Waals surface area contributed by atoms with Crippen LogP contribution < -0.4 is 10.9 Å². The fourth-order valence-corrected chi connectivity index (χ4v) is 11.0. The van der Waals surface area contributed by atoms with Crippen LogP contribution in [0.4, 0.5) is 4.39 Å². The van der Waals surface area contributed by atoms with E-state index in [0.29, 0.717) is 111 Å². The number of hydrogen-bond donors (Lipinski definition) is 3. The molecule has 5 aromatic rings. The highest BCUT2D eigenvalue weighted by atomic mass is 35.5. The number of imide groups is 2. The Morgan fingerprint density at radius 1 is 0.756 bits per heavy atom. The largest absolute Gasteiger partial charge is 0.379 e. The molecule has 6 heterocycles. The number of nitrogens with one attached hydrogen (secondary N) is 3. The topological polar surface area (TPSA) is 222 Å². The van der Waals surface area contributed by atoms with Gasteiger partial charge in [-0.25, -0.2) is 9.37 Å². The molecule has 4 aliphatic heterocycles. The molecular weight excluding hydrogens is 1050 g/mol. The standard InChI is InChI=1S/C56H61ClFN9O10.ClH/c57-39-10-14-44-45(30-39)60-56(59-44)67-55(74)41(13-7-36-5-11-40(58)12-6-36)51(62-67)38-8-3-35(4-9-38)2-1-25-75-26-27-76-28-29-77-34-50(70)65-19-17-37(18-20-65)33-63-21-23-64(24-22-63)47-31-42-43(32-48(47)68)54(73)66(53(42)72)46-15-16-49(69)61-52(46)71;/h3-6,8-12,14,30-32,37,46-47,62H,1-2,7,13,15-29,33-34H2,(H,59,60)(H,61,69,71);1H. The number of piperazine rings is 1. The van der Waals surface area contributed by atoms with Crippen LogP contribution in [0, 0.1) is 11.7 Å². The normalized spacial score (nSPS) is 19.5. The molecule has 78 heavy (non-hydrogen) atoms. The monoisotopic (exact) mass is 1110 g/mol. The summed E-state index contributed by atoms with van der Waals surface area (Å²) < 4.78 is 32.2. The molecule has 2 unspecified atom stereocenters. The lowest BCUT2D eigenvalue weighted by Crippen LogP contribution is -2.54. The lowest BCUT2D eigenvalue weighted by atomic mass is 9.93. The number of rotatable bonds is 21. The van der Waals surface area contributed by atoms with Gasteiger partial charge in [-0.15, -0.1) is 12.4 Å². The van der Waals surface area contributed by atoms with Crippen LogP contribution in [0.2, 0.25) is 5.02 Å². The van der Waals surface area contributed by atoms with Gasteiger partial charge in [-0.05, 0) is 110 Å². The van der Waals surface area contributed by atoms with Crippen LogP contribution >= 0.6 is 24.0 Å². The summed E-state index contributed by atoms with van der Waals surface area (Å²) in [4.78, 5) is 106. The number of piperidine rings is 2. The molecule has 412 valence electrons. The second kappa shape index (κ2) is 25.4. The zero-order chi connectivity index (χ0) is 53.6. The number of aromatic nitrogens is 4. The molecule has 0 radical (unpaired) electrons. The molecule has 22 heteroatoms. The van der Waals surface area contributed by atoms with Crippen molar-refractivity contribution in [3.8, 4) is 17.2 Å². The summed E-state index contributed by atoms with van der Waals surface area (Å²) in [5.41, 5.74) is 5.48. The van der Waals surface area contributed by atoms with E-state index in [4.69, 9.17) is 25.8 Å². The molecule has 2 atom stereocenters. The number of hydrogen-bond acceptors (Lipinski definition) is 13. The highest BCUT2D eigenvalue weighted by Gasteiger charge is 2.49. The summed E-state index contributed by atoms with van der Waals surface area (Å²) in [6.45, 7) is 6.91. The van der Waals surface area contributed by atoms with Crippen LogP contribution in [0.3, 0.4) is 0 Å². The Morgan fingerprint density at radius 3 is 2.17 bits per heavy atom. The minimum atomic E-state index is -1.09. The maximum Gasteiger partial charge on any atom is 0.277 e. The minimum Gasteiger partial charge on any atom is -0.379 e. The van der Waals surface area contributed by atoms with Gasteiger partial charge in [0, 0.05) is 69.4 Å². The number of likely N-dealkylation sites (tertiary alicyclic amines) is 2. The lowest BCUT2D eigenvalue weighted by Gasteiger charge is -2.40. The highest BCUT2D eigenvalue weighted by molar-refractivity contribution is 6.31. The molecule has 2 aromatic heterocycles. The van der Waals surface area contributed by atoms with Crippen LogP contribution in [-0.4, -0.2) is 172 Å². The number of aromatic amines is 2. The van der Waals surface area contributed by atoms with Crippen LogP contribution in [0.5, 0.6) is 0 Å². The smallest absolute Gasteiger partial charge is 0.277 e. The third kappa shape index (κ3) is 12.9. The fraction of sp³-hybridized carbons (Fsp3) is 0.429. The number of H-pyrrole nitrogens is 2. The van der Waals surface area contributed by atoms with Gasteiger partial charge in [-0.3, -0.25) is 53.8 Å². The van der Waals surface area contributed by atoms with Crippen LogP contribution in [-0.2, 0) is 62.2 Å². The molecule has 4 saturated heterocycles. The first-order chi connectivity index (χ1) is 37.4. The zero-order valence-corrected chi connectivity index (χ0v) is 44.6. The summed E-state index contributed by atoms with van der Waals surface area (Å²) in [5.74, 6) is -2.29. The minimum absolute atomic E-state index is 0. The number of ketones is 1. The second-order valence-corrected chi connectivity index (χ2v) is 20.6. The maximum absolute atomic E-state index is 13.9. The molecule has 1 aliphatic carbocycles. The summed E-state index contributed by atoms with van der Waals surface area (Å²) in [7, 11) is 0. The van der Waals surface area contributed by atoms with Crippen molar-refractivity contribution in [2.75, 3.05) is 85.5 Å². The average molecular weight is 1110 g/mol. The van der Waals surface area contributed by atoms with E-state index in [-0.39, 0.29) is 66.1 Å². The van der Waals surface area contributed by atoms with Crippen LogP contribution in [0.25, 0.3) is 28.2 Å². The molecular formula is C56H62Cl2FN9O10. The third-order valence-corrected chi connectivity index (χ3v) is 15.3. The van der Waals surface area contributed by atoms with Gasteiger partial charge in [0.25, 0.3) is 17.4 Å². The van der Waals surface area contributed by atoms with Crippen molar-refractivity contribution in [3.63, 3.8) is 0 Å². The molecule has 0 saturated carbocycles. The Kier molecular flexibility index (Phi) is 18.3.